The Labute approximate surface area is 120 Å². The molecule has 1 aliphatic heterocycles. The van der Waals surface area contributed by atoms with E-state index in [0.29, 0.717) is 6.61 Å². The Morgan fingerprint density at radius 1 is 1.45 bits per heavy atom. The molecule has 0 bridgehead atoms. The van der Waals surface area contributed by atoms with Crippen molar-refractivity contribution >= 4 is 11.6 Å². The number of carbonyl (C=O) groups excluding carboxylic acids is 1. The summed E-state index contributed by atoms with van der Waals surface area (Å²) in [5.41, 5.74) is 1.92. The van der Waals surface area contributed by atoms with E-state index in [0.717, 1.165) is 37.1 Å². The first-order valence-electron chi connectivity index (χ1n) is 7.40. The Balaban J connectivity index is 1.91. The van der Waals surface area contributed by atoms with Gasteiger partial charge in [-0.1, -0.05) is 18.6 Å². The lowest BCUT2D eigenvalue weighted by Crippen LogP contribution is -2.43. The first-order chi connectivity index (χ1) is 9.65. The van der Waals surface area contributed by atoms with E-state index in [9.17, 15) is 4.79 Å². The summed E-state index contributed by atoms with van der Waals surface area (Å²) >= 11 is 0. The SMILES string of the molecule is CC(C)OCc1cccc(NC(=O)C2CCCCN2)c1. The highest BCUT2D eigenvalue weighted by molar-refractivity contribution is 5.94. The molecule has 1 unspecified atom stereocenters. The molecule has 4 nitrogen and oxygen atoms in total. The summed E-state index contributed by atoms with van der Waals surface area (Å²) in [7, 11) is 0. The summed E-state index contributed by atoms with van der Waals surface area (Å²) in [6.07, 6.45) is 3.40. The maximum atomic E-state index is 12.1. The molecule has 0 spiro atoms. The van der Waals surface area contributed by atoms with Gasteiger partial charge in [0.1, 0.15) is 0 Å². The lowest BCUT2D eigenvalue weighted by molar-refractivity contribution is -0.118. The summed E-state index contributed by atoms with van der Waals surface area (Å²) in [4.78, 5) is 12.1. The quantitative estimate of drug-likeness (QED) is 0.869. The number of piperidine rings is 1. The van der Waals surface area contributed by atoms with Gasteiger partial charge >= 0.3 is 0 Å². The van der Waals surface area contributed by atoms with E-state index in [1.165, 1.54) is 0 Å². The molecule has 20 heavy (non-hydrogen) atoms. The van der Waals surface area contributed by atoms with Crippen molar-refractivity contribution in [3.05, 3.63) is 29.8 Å². The van der Waals surface area contributed by atoms with Crippen LogP contribution in [0.3, 0.4) is 0 Å². The largest absolute Gasteiger partial charge is 0.374 e. The predicted molar refractivity (Wildman–Crippen MR) is 80.6 cm³/mol. The van der Waals surface area contributed by atoms with Gasteiger partial charge in [0.2, 0.25) is 5.91 Å². The van der Waals surface area contributed by atoms with Crippen LogP contribution >= 0.6 is 0 Å². The van der Waals surface area contributed by atoms with E-state index < -0.39 is 0 Å². The highest BCUT2D eigenvalue weighted by Crippen LogP contribution is 2.14. The highest BCUT2D eigenvalue weighted by Gasteiger charge is 2.20. The van der Waals surface area contributed by atoms with Crippen LogP contribution in [0.1, 0.15) is 38.7 Å². The fourth-order valence-corrected chi connectivity index (χ4v) is 2.31. The summed E-state index contributed by atoms with van der Waals surface area (Å²) in [5, 5.41) is 6.24. The van der Waals surface area contributed by atoms with Gasteiger partial charge in [-0.05, 0) is 50.9 Å². The molecule has 1 saturated heterocycles. The minimum absolute atomic E-state index is 0.0562. The second kappa shape index (κ2) is 7.41. The minimum Gasteiger partial charge on any atom is -0.374 e. The summed E-state index contributed by atoms with van der Waals surface area (Å²) in [6, 6.07) is 7.79. The Morgan fingerprint density at radius 2 is 2.30 bits per heavy atom. The van der Waals surface area contributed by atoms with Gasteiger partial charge in [0.05, 0.1) is 18.8 Å². The third-order valence-corrected chi connectivity index (χ3v) is 3.40. The second-order valence-corrected chi connectivity index (χ2v) is 5.55. The summed E-state index contributed by atoms with van der Waals surface area (Å²) in [5.74, 6) is 0.0617. The van der Waals surface area contributed by atoms with E-state index in [1.54, 1.807) is 0 Å². The van der Waals surface area contributed by atoms with Gasteiger partial charge in [-0.2, -0.15) is 0 Å². The van der Waals surface area contributed by atoms with Gasteiger partial charge in [-0.3, -0.25) is 4.79 Å². The van der Waals surface area contributed by atoms with Crippen molar-refractivity contribution in [2.75, 3.05) is 11.9 Å². The molecular weight excluding hydrogens is 252 g/mol. The van der Waals surface area contributed by atoms with E-state index >= 15 is 0 Å². The molecule has 2 N–H and O–H groups in total. The lowest BCUT2D eigenvalue weighted by atomic mass is 10.0. The fraction of sp³-hybridized carbons (Fsp3) is 0.562. The first-order valence-corrected chi connectivity index (χ1v) is 7.40. The van der Waals surface area contributed by atoms with Crippen molar-refractivity contribution in [1.82, 2.24) is 5.32 Å². The van der Waals surface area contributed by atoms with Crippen molar-refractivity contribution in [1.29, 1.82) is 0 Å². The number of hydrogen-bond acceptors (Lipinski definition) is 3. The molecule has 110 valence electrons. The number of ether oxygens (including phenoxy) is 1. The second-order valence-electron chi connectivity index (χ2n) is 5.55. The molecule has 0 saturated carbocycles. The molecule has 1 heterocycles. The lowest BCUT2D eigenvalue weighted by Gasteiger charge is -2.22. The summed E-state index contributed by atoms with van der Waals surface area (Å²) in [6.45, 7) is 5.53. The Kier molecular flexibility index (Phi) is 5.56. The molecule has 1 aromatic rings. The molecule has 1 fully saturated rings. The maximum absolute atomic E-state index is 12.1. The van der Waals surface area contributed by atoms with E-state index in [1.807, 2.05) is 38.1 Å². The van der Waals surface area contributed by atoms with Crippen LogP contribution in [0, 0.1) is 0 Å². The average molecular weight is 276 g/mol. The zero-order chi connectivity index (χ0) is 14.4. The topological polar surface area (TPSA) is 50.4 Å². The normalized spacial score (nSPS) is 19.1. The maximum Gasteiger partial charge on any atom is 0.241 e. The van der Waals surface area contributed by atoms with Gasteiger partial charge < -0.3 is 15.4 Å². The smallest absolute Gasteiger partial charge is 0.241 e. The number of hydrogen-bond donors (Lipinski definition) is 2. The highest BCUT2D eigenvalue weighted by atomic mass is 16.5. The molecule has 1 atom stereocenters. The van der Waals surface area contributed by atoms with Gasteiger partial charge in [0.25, 0.3) is 0 Å². The average Bonchev–Trinajstić information content (AvgIpc) is 2.46. The van der Waals surface area contributed by atoms with Crippen LogP contribution in [0.2, 0.25) is 0 Å². The molecule has 2 rings (SSSR count). The van der Waals surface area contributed by atoms with E-state index in [4.69, 9.17) is 4.74 Å². The predicted octanol–water partition coefficient (Wildman–Crippen LogP) is 2.69. The van der Waals surface area contributed by atoms with Gasteiger partial charge in [0, 0.05) is 5.69 Å². The van der Waals surface area contributed by atoms with Crippen molar-refractivity contribution < 1.29 is 9.53 Å². The molecule has 1 aromatic carbocycles. The van der Waals surface area contributed by atoms with Crippen LogP contribution < -0.4 is 10.6 Å². The molecular formula is C16H24N2O2. The Bertz CT molecular complexity index is 440. The van der Waals surface area contributed by atoms with Crippen LogP contribution in [-0.4, -0.2) is 24.6 Å². The van der Waals surface area contributed by atoms with Crippen LogP contribution in [0.15, 0.2) is 24.3 Å². The molecule has 0 radical (unpaired) electrons. The minimum atomic E-state index is -0.0562. The number of anilines is 1. The van der Waals surface area contributed by atoms with Crippen molar-refractivity contribution in [2.45, 2.75) is 51.9 Å². The third-order valence-electron chi connectivity index (χ3n) is 3.40. The van der Waals surface area contributed by atoms with Gasteiger partial charge in [0.15, 0.2) is 0 Å². The van der Waals surface area contributed by atoms with Crippen LogP contribution in [0.5, 0.6) is 0 Å². The van der Waals surface area contributed by atoms with E-state index in [2.05, 4.69) is 10.6 Å². The van der Waals surface area contributed by atoms with Crippen molar-refractivity contribution in [2.24, 2.45) is 0 Å². The van der Waals surface area contributed by atoms with Crippen LogP contribution in [0.4, 0.5) is 5.69 Å². The first kappa shape index (κ1) is 15.0. The van der Waals surface area contributed by atoms with Crippen molar-refractivity contribution in [3.8, 4) is 0 Å². The molecule has 1 aliphatic rings. The zero-order valence-corrected chi connectivity index (χ0v) is 12.3. The number of nitrogens with one attached hydrogen (secondary N) is 2. The van der Waals surface area contributed by atoms with Gasteiger partial charge in [-0.25, -0.2) is 0 Å². The fourth-order valence-electron chi connectivity index (χ4n) is 2.31. The third kappa shape index (κ3) is 4.62. The van der Waals surface area contributed by atoms with Crippen LogP contribution in [-0.2, 0) is 16.1 Å². The molecule has 0 aromatic heterocycles. The monoisotopic (exact) mass is 276 g/mol. The standard InChI is InChI=1S/C16H24N2O2/c1-12(2)20-11-13-6-5-7-14(10-13)18-16(19)15-8-3-4-9-17-15/h5-7,10,12,15,17H,3-4,8-9,11H2,1-2H3,(H,18,19). The molecule has 4 heteroatoms. The number of amides is 1. The number of carbonyl (C=O) groups is 1. The zero-order valence-electron chi connectivity index (χ0n) is 12.3. The molecule has 0 aliphatic carbocycles. The Morgan fingerprint density at radius 3 is 3.00 bits per heavy atom. The van der Waals surface area contributed by atoms with Crippen LogP contribution in [0.25, 0.3) is 0 Å². The van der Waals surface area contributed by atoms with E-state index in [-0.39, 0.29) is 18.1 Å². The summed E-state index contributed by atoms with van der Waals surface area (Å²) < 4.78 is 5.58. The number of benzene rings is 1. The van der Waals surface area contributed by atoms with Gasteiger partial charge in [-0.15, -0.1) is 0 Å². The Hall–Kier alpha value is -1.39. The molecule has 1 amide bonds. The van der Waals surface area contributed by atoms with Crippen molar-refractivity contribution in [3.63, 3.8) is 0 Å². The number of rotatable bonds is 5.